The van der Waals surface area contributed by atoms with Gasteiger partial charge in [0, 0.05) is 10.6 Å². The second-order valence-corrected chi connectivity index (χ2v) is 5.15. The largest absolute Gasteiger partial charge is 0.253 e. The molecule has 1 aromatic rings. The minimum Gasteiger partial charge on any atom is -0.253 e. The number of hydrogen-bond donors (Lipinski definition) is 0. The van der Waals surface area contributed by atoms with Gasteiger partial charge < -0.3 is 0 Å². The van der Waals surface area contributed by atoms with Gasteiger partial charge in [-0.1, -0.05) is 23.9 Å². The zero-order valence-electron chi connectivity index (χ0n) is 8.10. The first-order valence-corrected chi connectivity index (χ1v) is 6.03. The normalized spacial score (nSPS) is 14.4. The minimum absolute atomic E-state index is 0.935. The summed E-state index contributed by atoms with van der Waals surface area (Å²) in [5.41, 5.74) is 1.91. The fourth-order valence-electron chi connectivity index (χ4n) is 1.26. The number of aliphatic imine (C=N–C) groups is 1. The van der Waals surface area contributed by atoms with Crippen LogP contribution in [0.4, 0.5) is 5.69 Å². The van der Waals surface area contributed by atoms with Crippen LogP contribution < -0.4 is 0 Å². The fourth-order valence-corrected chi connectivity index (χ4v) is 2.94. The Morgan fingerprint density at radius 3 is 3.00 bits per heavy atom. The lowest BCUT2D eigenvalue weighted by atomic mass is 10.3. The molecule has 74 valence electrons. The number of benzene rings is 1. The molecule has 0 bridgehead atoms. The Labute approximate surface area is 97.1 Å². The molecule has 15 heavy (non-hydrogen) atoms. The van der Waals surface area contributed by atoms with Gasteiger partial charge in [0.2, 0.25) is 0 Å². The molecule has 0 saturated heterocycles. The second-order valence-electron chi connectivity index (χ2n) is 2.98. The summed E-state index contributed by atoms with van der Waals surface area (Å²) in [5, 5.41) is 10.8. The molecule has 1 heterocycles. The van der Waals surface area contributed by atoms with Gasteiger partial charge in [-0.2, -0.15) is 5.26 Å². The van der Waals surface area contributed by atoms with E-state index in [1.807, 2.05) is 37.3 Å². The number of thioether (sulfide) groups is 2. The van der Waals surface area contributed by atoms with Crippen LogP contribution >= 0.6 is 23.5 Å². The Balaban J connectivity index is 2.43. The molecule has 0 atom stereocenters. The predicted octanol–water partition coefficient (Wildman–Crippen LogP) is 3.94. The summed E-state index contributed by atoms with van der Waals surface area (Å²) in [7, 11) is 0. The van der Waals surface area contributed by atoms with Crippen LogP contribution in [0.2, 0.25) is 0 Å². The van der Waals surface area contributed by atoms with Gasteiger partial charge in [0.05, 0.1) is 9.92 Å². The molecule has 2 nitrogen and oxygen atoms in total. The third kappa shape index (κ3) is 2.44. The molecule has 2 rings (SSSR count). The molecule has 1 aliphatic rings. The predicted molar refractivity (Wildman–Crippen MR) is 66.4 cm³/mol. The van der Waals surface area contributed by atoms with E-state index in [0.717, 1.165) is 20.5 Å². The standard InChI is InChI=1S/C11H8N2S2/c1-8-6-11(14-7-12)15-10-5-3-2-4-9(10)13-8/h2-6H,1H3. The van der Waals surface area contributed by atoms with Crippen LogP contribution in [0.5, 0.6) is 0 Å². The quantitative estimate of drug-likeness (QED) is 0.688. The number of nitrogens with zero attached hydrogens (tertiary/aromatic N) is 2. The van der Waals surface area contributed by atoms with Crippen LogP contribution in [-0.2, 0) is 0 Å². The number of fused-ring (bicyclic) bond motifs is 1. The second kappa shape index (κ2) is 4.56. The van der Waals surface area contributed by atoms with Crippen molar-refractivity contribution in [1.29, 1.82) is 5.26 Å². The van der Waals surface area contributed by atoms with E-state index in [1.54, 1.807) is 11.8 Å². The number of rotatable bonds is 1. The first kappa shape index (κ1) is 10.3. The highest BCUT2D eigenvalue weighted by Crippen LogP contribution is 2.41. The van der Waals surface area contributed by atoms with E-state index in [-0.39, 0.29) is 0 Å². The van der Waals surface area contributed by atoms with Gasteiger partial charge in [-0.15, -0.1) is 0 Å². The lowest BCUT2D eigenvalue weighted by Crippen LogP contribution is -1.81. The topological polar surface area (TPSA) is 36.1 Å². The molecule has 0 radical (unpaired) electrons. The van der Waals surface area contributed by atoms with Crippen molar-refractivity contribution in [3.8, 4) is 5.40 Å². The highest BCUT2D eigenvalue weighted by atomic mass is 32.2. The van der Waals surface area contributed by atoms with Crippen LogP contribution in [0.1, 0.15) is 6.92 Å². The molecule has 0 unspecified atom stereocenters. The Kier molecular flexibility index (Phi) is 3.14. The van der Waals surface area contributed by atoms with E-state index in [0.29, 0.717) is 0 Å². The summed E-state index contributed by atoms with van der Waals surface area (Å²) < 4.78 is 0.976. The molecule has 0 N–H and O–H groups in total. The average Bonchev–Trinajstić information content (AvgIpc) is 2.35. The van der Waals surface area contributed by atoms with E-state index in [1.165, 1.54) is 11.8 Å². The number of allylic oxidation sites excluding steroid dienone is 1. The summed E-state index contributed by atoms with van der Waals surface area (Å²) >= 11 is 2.77. The molecule has 1 aromatic carbocycles. The fraction of sp³-hybridized carbons (Fsp3) is 0.0909. The van der Waals surface area contributed by atoms with Crippen molar-refractivity contribution >= 4 is 34.9 Å². The van der Waals surface area contributed by atoms with Crippen LogP contribution in [0.15, 0.2) is 44.5 Å². The van der Waals surface area contributed by atoms with Gasteiger partial charge in [0.1, 0.15) is 5.40 Å². The molecule has 0 aliphatic carbocycles. The van der Waals surface area contributed by atoms with Gasteiger partial charge in [-0.05, 0) is 36.9 Å². The Morgan fingerprint density at radius 1 is 1.40 bits per heavy atom. The van der Waals surface area contributed by atoms with E-state index < -0.39 is 0 Å². The van der Waals surface area contributed by atoms with Crippen molar-refractivity contribution in [3.05, 3.63) is 34.6 Å². The number of para-hydroxylation sites is 1. The maximum Gasteiger partial charge on any atom is 0.139 e. The Morgan fingerprint density at radius 2 is 2.20 bits per heavy atom. The van der Waals surface area contributed by atoms with E-state index >= 15 is 0 Å². The van der Waals surface area contributed by atoms with Crippen molar-refractivity contribution in [1.82, 2.24) is 0 Å². The highest BCUT2D eigenvalue weighted by Gasteiger charge is 2.10. The molecule has 0 fully saturated rings. The lowest BCUT2D eigenvalue weighted by molar-refractivity contribution is 1.38. The summed E-state index contributed by atoms with van der Waals surface area (Å²) in [5.74, 6) is 0. The average molecular weight is 232 g/mol. The summed E-state index contributed by atoms with van der Waals surface area (Å²) in [4.78, 5) is 5.57. The van der Waals surface area contributed by atoms with Crippen molar-refractivity contribution in [2.24, 2.45) is 4.99 Å². The third-order valence-electron chi connectivity index (χ3n) is 1.85. The maximum absolute atomic E-state index is 8.66. The Bertz CT molecular complexity index is 484. The SMILES string of the molecule is CC1=Nc2ccccc2SC(SC#N)=C1. The highest BCUT2D eigenvalue weighted by molar-refractivity contribution is 8.24. The summed E-state index contributed by atoms with van der Waals surface area (Å²) in [6.07, 6.45) is 1.94. The minimum atomic E-state index is 0.935. The van der Waals surface area contributed by atoms with Gasteiger partial charge in [-0.3, -0.25) is 4.99 Å². The van der Waals surface area contributed by atoms with E-state index in [9.17, 15) is 0 Å². The molecule has 1 aliphatic heterocycles. The third-order valence-corrected chi connectivity index (χ3v) is 3.64. The molecule has 0 amide bonds. The summed E-state index contributed by atoms with van der Waals surface area (Å²) in [6, 6.07) is 7.96. The summed E-state index contributed by atoms with van der Waals surface area (Å²) in [6.45, 7) is 1.95. The molecular weight excluding hydrogens is 224 g/mol. The smallest absolute Gasteiger partial charge is 0.139 e. The first-order valence-electron chi connectivity index (χ1n) is 4.39. The van der Waals surface area contributed by atoms with Crippen molar-refractivity contribution in [3.63, 3.8) is 0 Å². The number of thiocyanates is 1. The van der Waals surface area contributed by atoms with Crippen LogP contribution in [0, 0.1) is 10.7 Å². The number of hydrogen-bond acceptors (Lipinski definition) is 4. The first-order chi connectivity index (χ1) is 7.29. The maximum atomic E-state index is 8.66. The van der Waals surface area contributed by atoms with Crippen LogP contribution in [-0.4, -0.2) is 5.71 Å². The van der Waals surface area contributed by atoms with Crippen molar-refractivity contribution in [2.75, 3.05) is 0 Å². The number of nitriles is 1. The zero-order chi connectivity index (χ0) is 10.7. The van der Waals surface area contributed by atoms with E-state index in [4.69, 9.17) is 5.26 Å². The zero-order valence-corrected chi connectivity index (χ0v) is 9.73. The van der Waals surface area contributed by atoms with Gasteiger partial charge in [0.15, 0.2) is 0 Å². The van der Waals surface area contributed by atoms with Crippen molar-refractivity contribution in [2.45, 2.75) is 11.8 Å². The van der Waals surface area contributed by atoms with E-state index in [2.05, 4.69) is 10.4 Å². The molecule has 0 aromatic heterocycles. The lowest BCUT2D eigenvalue weighted by Gasteiger charge is -2.01. The van der Waals surface area contributed by atoms with Gasteiger partial charge >= 0.3 is 0 Å². The molecular formula is C11H8N2S2. The van der Waals surface area contributed by atoms with Gasteiger partial charge in [-0.25, -0.2) is 0 Å². The van der Waals surface area contributed by atoms with Gasteiger partial charge in [0.25, 0.3) is 0 Å². The molecule has 4 heteroatoms. The molecule has 0 spiro atoms. The van der Waals surface area contributed by atoms with Crippen LogP contribution in [0.3, 0.4) is 0 Å². The monoisotopic (exact) mass is 232 g/mol. The Hall–Kier alpha value is -1.18. The van der Waals surface area contributed by atoms with Crippen molar-refractivity contribution < 1.29 is 0 Å². The van der Waals surface area contributed by atoms with Crippen LogP contribution in [0.25, 0.3) is 0 Å². The molecule has 0 saturated carbocycles.